The Morgan fingerprint density at radius 1 is 0.774 bits per heavy atom. The summed E-state index contributed by atoms with van der Waals surface area (Å²) < 4.78 is 83.4. The molecule has 0 fully saturated rings. The Kier molecular flexibility index (Phi) is 6.16. The van der Waals surface area contributed by atoms with Gasteiger partial charge in [0.25, 0.3) is 0 Å². The van der Waals surface area contributed by atoms with Crippen molar-refractivity contribution in [3.05, 3.63) is 71.8 Å². The van der Waals surface area contributed by atoms with E-state index in [4.69, 9.17) is 0 Å². The molecule has 0 saturated carbocycles. The molecular weight excluding hydrogens is 420 g/mol. The fourth-order valence-corrected chi connectivity index (χ4v) is 3.42. The number of aryl methyl sites for hydroxylation is 1. The molecule has 1 heterocycles. The van der Waals surface area contributed by atoms with E-state index in [0.29, 0.717) is 0 Å². The average molecular weight is 441 g/mol. The maximum atomic E-state index is 13.9. The van der Waals surface area contributed by atoms with E-state index in [9.17, 15) is 26.3 Å². The summed E-state index contributed by atoms with van der Waals surface area (Å²) in [5, 5.41) is 0. The van der Waals surface area contributed by atoms with E-state index in [1.165, 1.54) is 29.2 Å². The monoisotopic (exact) mass is 441 g/mol. The van der Waals surface area contributed by atoms with E-state index in [0.717, 1.165) is 5.56 Å². The van der Waals surface area contributed by atoms with Crippen LogP contribution in [0.3, 0.4) is 0 Å². The van der Waals surface area contributed by atoms with Gasteiger partial charge in [0.2, 0.25) is 0 Å². The number of amidine groups is 2. The van der Waals surface area contributed by atoms with Crippen molar-refractivity contribution in [2.24, 2.45) is 9.98 Å². The molecule has 166 valence electrons. The van der Waals surface area contributed by atoms with Gasteiger partial charge in [0.1, 0.15) is 11.7 Å². The van der Waals surface area contributed by atoms with Crippen LogP contribution in [0.1, 0.15) is 31.4 Å². The fraction of sp³-hybridized carbons (Fsp3) is 0.364. The zero-order valence-corrected chi connectivity index (χ0v) is 16.9. The molecule has 31 heavy (non-hydrogen) atoms. The number of nitrogens with zero attached hydrogens (tertiary/aromatic N) is 3. The molecule has 0 aliphatic carbocycles. The van der Waals surface area contributed by atoms with Crippen molar-refractivity contribution in [3.63, 3.8) is 0 Å². The summed E-state index contributed by atoms with van der Waals surface area (Å²) in [4.78, 5) is 7.85. The Balaban J connectivity index is 2.19. The van der Waals surface area contributed by atoms with Crippen LogP contribution >= 0.6 is 0 Å². The maximum absolute atomic E-state index is 13.9. The van der Waals surface area contributed by atoms with Gasteiger partial charge in [-0.05, 0) is 25.8 Å². The van der Waals surface area contributed by atoms with Gasteiger partial charge in [0, 0.05) is 18.0 Å². The minimum atomic E-state index is -5.76. The average Bonchev–Trinajstić information content (AvgIpc) is 2.71. The Hall–Kier alpha value is -2.84. The molecule has 0 N–H and O–H groups in total. The van der Waals surface area contributed by atoms with Crippen molar-refractivity contribution in [1.29, 1.82) is 0 Å². The van der Waals surface area contributed by atoms with Gasteiger partial charge in [-0.2, -0.15) is 26.3 Å². The first-order chi connectivity index (χ1) is 14.5. The van der Waals surface area contributed by atoms with Gasteiger partial charge in [0.15, 0.2) is 0 Å². The largest absolute Gasteiger partial charge is 0.443 e. The molecule has 0 bridgehead atoms. The number of rotatable bonds is 5. The Morgan fingerprint density at radius 3 is 1.77 bits per heavy atom. The summed E-state index contributed by atoms with van der Waals surface area (Å²) in [6.45, 7) is 3.34. The van der Waals surface area contributed by atoms with Crippen LogP contribution < -0.4 is 0 Å². The quantitative estimate of drug-likeness (QED) is 0.523. The predicted octanol–water partition coefficient (Wildman–Crippen LogP) is 6.01. The number of aliphatic imine (C=N–C) groups is 2. The highest BCUT2D eigenvalue weighted by Gasteiger charge is 2.73. The van der Waals surface area contributed by atoms with Crippen molar-refractivity contribution in [3.8, 4) is 0 Å². The molecule has 0 atom stereocenters. The number of alkyl halides is 6. The molecular formula is C22H21F6N3. The summed E-state index contributed by atoms with van der Waals surface area (Å²) in [6.07, 6.45) is -11.4. The standard InChI is InChI=1S/C22H21F6N3/c1-15(2)31-18(14-13-16-9-5-3-6-10-16)29-20(21(23,24)25,22(26,27)28)30-19(31)17-11-7-4-8-12-17/h3-12,15H,13-14H2,1-2H3. The second-order valence-electron chi connectivity index (χ2n) is 7.45. The van der Waals surface area contributed by atoms with Gasteiger partial charge in [-0.1, -0.05) is 60.7 Å². The molecule has 2 aromatic rings. The third-order valence-electron chi connectivity index (χ3n) is 4.88. The minimum Gasteiger partial charge on any atom is -0.312 e. The zero-order chi connectivity index (χ0) is 22.9. The molecule has 1 aliphatic rings. The van der Waals surface area contributed by atoms with Crippen LogP contribution in [0.15, 0.2) is 70.6 Å². The van der Waals surface area contributed by atoms with Crippen molar-refractivity contribution in [2.45, 2.75) is 50.7 Å². The van der Waals surface area contributed by atoms with E-state index in [-0.39, 0.29) is 24.2 Å². The zero-order valence-electron chi connectivity index (χ0n) is 16.9. The topological polar surface area (TPSA) is 28.0 Å². The molecule has 1 aliphatic heterocycles. The maximum Gasteiger partial charge on any atom is 0.443 e. The van der Waals surface area contributed by atoms with Crippen LogP contribution in [0.5, 0.6) is 0 Å². The van der Waals surface area contributed by atoms with Crippen LogP contribution in [0, 0.1) is 0 Å². The Labute approximate surface area is 176 Å². The molecule has 0 radical (unpaired) electrons. The molecule has 0 aromatic heterocycles. The molecule has 0 amide bonds. The third kappa shape index (κ3) is 4.45. The van der Waals surface area contributed by atoms with E-state index >= 15 is 0 Å². The highest BCUT2D eigenvalue weighted by molar-refractivity contribution is 6.11. The molecule has 2 aromatic carbocycles. The minimum absolute atomic E-state index is 0.109. The Morgan fingerprint density at radius 2 is 1.29 bits per heavy atom. The summed E-state index contributed by atoms with van der Waals surface area (Å²) in [7, 11) is 0. The molecule has 0 unspecified atom stereocenters. The van der Waals surface area contributed by atoms with E-state index in [1.54, 1.807) is 50.2 Å². The predicted molar refractivity (Wildman–Crippen MR) is 107 cm³/mol. The lowest BCUT2D eigenvalue weighted by Crippen LogP contribution is -2.60. The summed E-state index contributed by atoms with van der Waals surface area (Å²) >= 11 is 0. The normalized spacial score (nSPS) is 16.9. The smallest absolute Gasteiger partial charge is 0.312 e. The third-order valence-corrected chi connectivity index (χ3v) is 4.88. The second-order valence-corrected chi connectivity index (χ2v) is 7.45. The lowest BCUT2D eigenvalue weighted by molar-refractivity contribution is -0.293. The highest BCUT2D eigenvalue weighted by Crippen LogP contribution is 2.49. The van der Waals surface area contributed by atoms with Gasteiger partial charge in [-0.15, -0.1) is 0 Å². The van der Waals surface area contributed by atoms with Crippen molar-refractivity contribution in [2.75, 3.05) is 0 Å². The molecule has 3 rings (SSSR count). The molecule has 0 saturated heterocycles. The van der Waals surface area contributed by atoms with Crippen molar-refractivity contribution in [1.82, 2.24) is 4.90 Å². The lowest BCUT2D eigenvalue weighted by atomic mass is 10.0. The van der Waals surface area contributed by atoms with Crippen LogP contribution in [0.25, 0.3) is 0 Å². The van der Waals surface area contributed by atoms with Crippen molar-refractivity contribution >= 4 is 11.7 Å². The number of benzene rings is 2. The first-order valence-corrected chi connectivity index (χ1v) is 9.67. The summed E-state index contributed by atoms with van der Waals surface area (Å²) in [5.74, 6) is -0.703. The van der Waals surface area contributed by atoms with Crippen LogP contribution in [-0.4, -0.2) is 40.6 Å². The molecule has 9 heteroatoms. The first kappa shape index (κ1) is 22.8. The first-order valence-electron chi connectivity index (χ1n) is 9.67. The number of hydrogen-bond donors (Lipinski definition) is 0. The highest BCUT2D eigenvalue weighted by atomic mass is 19.4. The van der Waals surface area contributed by atoms with Gasteiger partial charge in [0.05, 0.1) is 0 Å². The second kappa shape index (κ2) is 8.36. The molecule has 0 spiro atoms. The van der Waals surface area contributed by atoms with Gasteiger partial charge < -0.3 is 4.90 Å². The Bertz CT molecular complexity index is 933. The van der Waals surface area contributed by atoms with E-state index in [1.807, 2.05) is 0 Å². The van der Waals surface area contributed by atoms with Crippen LogP contribution in [-0.2, 0) is 6.42 Å². The fourth-order valence-electron chi connectivity index (χ4n) is 3.42. The SMILES string of the molecule is CC(C)N1C(CCc2ccccc2)=NC(C(F)(F)F)(C(F)(F)F)N=C1c1ccccc1. The molecule has 3 nitrogen and oxygen atoms in total. The van der Waals surface area contributed by atoms with Gasteiger partial charge in [-0.3, -0.25) is 0 Å². The van der Waals surface area contributed by atoms with Gasteiger partial charge >= 0.3 is 18.0 Å². The number of hydrogen-bond acceptors (Lipinski definition) is 3. The summed E-state index contributed by atoms with van der Waals surface area (Å²) in [5.41, 5.74) is -3.62. The van der Waals surface area contributed by atoms with Crippen LogP contribution in [0.4, 0.5) is 26.3 Å². The lowest BCUT2D eigenvalue weighted by Gasteiger charge is -2.41. The van der Waals surface area contributed by atoms with Crippen molar-refractivity contribution < 1.29 is 26.3 Å². The van der Waals surface area contributed by atoms with Gasteiger partial charge in [-0.25, -0.2) is 9.98 Å². The summed E-state index contributed by atoms with van der Waals surface area (Å²) in [6, 6.07) is 15.9. The van der Waals surface area contributed by atoms with E-state index in [2.05, 4.69) is 9.98 Å². The van der Waals surface area contributed by atoms with E-state index < -0.39 is 29.9 Å². The number of halogens is 6. The van der Waals surface area contributed by atoms with Crippen LogP contribution in [0.2, 0.25) is 0 Å².